The molecule has 1 saturated heterocycles. The average Bonchev–Trinajstić information content (AvgIpc) is 2.74. The smallest absolute Gasteiger partial charge is 0.410 e. The van der Waals surface area contributed by atoms with E-state index in [9.17, 15) is 9.59 Å². The van der Waals surface area contributed by atoms with E-state index in [2.05, 4.69) is 0 Å². The molecule has 1 spiro atoms. The first-order chi connectivity index (χ1) is 7.82. The molecular formula is C13H21NO3. The Morgan fingerprint density at radius 3 is 2.59 bits per heavy atom. The molecule has 17 heavy (non-hydrogen) atoms. The lowest BCUT2D eigenvalue weighted by Gasteiger charge is -2.26. The fraction of sp³-hybridized carbons (Fsp3) is 0.846. The van der Waals surface area contributed by atoms with Gasteiger partial charge in [0, 0.05) is 24.9 Å². The van der Waals surface area contributed by atoms with Crippen molar-refractivity contribution in [2.24, 2.45) is 5.41 Å². The van der Waals surface area contributed by atoms with E-state index in [0.29, 0.717) is 25.3 Å². The van der Waals surface area contributed by atoms with Crippen molar-refractivity contribution < 1.29 is 14.3 Å². The maximum Gasteiger partial charge on any atom is 0.410 e. The summed E-state index contributed by atoms with van der Waals surface area (Å²) in [5.41, 5.74) is -0.705. The van der Waals surface area contributed by atoms with Crippen LogP contribution in [0.5, 0.6) is 0 Å². The minimum atomic E-state index is -0.466. The van der Waals surface area contributed by atoms with Gasteiger partial charge in [-0.3, -0.25) is 4.79 Å². The van der Waals surface area contributed by atoms with Crippen LogP contribution in [-0.4, -0.2) is 35.5 Å². The molecule has 0 N–H and O–H groups in total. The predicted molar refractivity (Wildman–Crippen MR) is 63.7 cm³/mol. The van der Waals surface area contributed by atoms with Gasteiger partial charge >= 0.3 is 6.09 Å². The first-order valence-corrected chi connectivity index (χ1v) is 6.34. The maximum atomic E-state index is 11.9. The predicted octanol–water partition coefficient (Wildman–Crippen LogP) is 2.37. The quantitative estimate of drug-likeness (QED) is 0.652. The average molecular weight is 239 g/mol. The highest BCUT2D eigenvalue weighted by Gasteiger charge is 2.48. The number of amides is 1. The molecule has 4 heteroatoms. The van der Waals surface area contributed by atoms with Crippen molar-refractivity contribution in [3.63, 3.8) is 0 Å². The number of carbonyl (C=O) groups is 2. The van der Waals surface area contributed by atoms with E-state index < -0.39 is 5.60 Å². The number of rotatable bonds is 0. The Morgan fingerprint density at radius 1 is 1.35 bits per heavy atom. The Morgan fingerprint density at radius 2 is 2.06 bits per heavy atom. The minimum Gasteiger partial charge on any atom is -0.444 e. The summed E-state index contributed by atoms with van der Waals surface area (Å²) in [5, 5.41) is 0. The van der Waals surface area contributed by atoms with Crippen LogP contribution in [0.4, 0.5) is 4.79 Å². The van der Waals surface area contributed by atoms with Crippen LogP contribution in [-0.2, 0) is 9.53 Å². The van der Waals surface area contributed by atoms with Crippen molar-refractivity contribution in [2.45, 2.75) is 52.1 Å². The van der Waals surface area contributed by atoms with E-state index in [4.69, 9.17) is 4.74 Å². The Balaban J connectivity index is 1.98. The van der Waals surface area contributed by atoms with E-state index in [-0.39, 0.29) is 11.5 Å². The van der Waals surface area contributed by atoms with Gasteiger partial charge in [0.1, 0.15) is 11.4 Å². The van der Waals surface area contributed by atoms with Crippen molar-refractivity contribution in [1.29, 1.82) is 0 Å². The molecule has 0 radical (unpaired) electrons. The summed E-state index contributed by atoms with van der Waals surface area (Å²) in [4.78, 5) is 25.5. The molecule has 1 heterocycles. The molecule has 96 valence electrons. The van der Waals surface area contributed by atoms with E-state index in [1.807, 2.05) is 20.8 Å². The third kappa shape index (κ3) is 2.45. The molecule has 0 aromatic rings. The van der Waals surface area contributed by atoms with Gasteiger partial charge in [0.05, 0.1) is 0 Å². The Bertz CT molecular complexity index is 345. The fourth-order valence-electron chi connectivity index (χ4n) is 2.78. The molecule has 1 unspecified atom stereocenters. The lowest BCUT2D eigenvalue weighted by Crippen LogP contribution is -2.37. The molecular weight excluding hydrogens is 218 g/mol. The Labute approximate surface area is 102 Å². The second-order valence-corrected chi connectivity index (χ2v) is 6.21. The fourth-order valence-corrected chi connectivity index (χ4v) is 2.78. The second-order valence-electron chi connectivity index (χ2n) is 6.21. The van der Waals surface area contributed by atoms with Crippen LogP contribution in [0.1, 0.15) is 46.5 Å². The van der Waals surface area contributed by atoms with E-state index in [0.717, 1.165) is 19.3 Å². The molecule has 0 bridgehead atoms. The zero-order chi connectivity index (χ0) is 12.7. The molecule has 1 atom stereocenters. The summed E-state index contributed by atoms with van der Waals surface area (Å²) < 4.78 is 5.34. The van der Waals surface area contributed by atoms with Crippen LogP contribution >= 0.6 is 0 Å². The first-order valence-electron chi connectivity index (χ1n) is 6.34. The number of hydrogen-bond donors (Lipinski definition) is 0. The van der Waals surface area contributed by atoms with Crippen molar-refractivity contribution >= 4 is 11.9 Å². The molecule has 1 aliphatic carbocycles. The van der Waals surface area contributed by atoms with E-state index in [1.54, 1.807) is 4.90 Å². The number of likely N-dealkylation sites (tertiary alicyclic amines) is 1. The summed E-state index contributed by atoms with van der Waals surface area (Å²) in [6.45, 7) is 6.79. The number of carbonyl (C=O) groups excluding carboxylic acids is 2. The monoisotopic (exact) mass is 239 g/mol. The molecule has 2 aliphatic rings. The van der Waals surface area contributed by atoms with Crippen LogP contribution in [0.2, 0.25) is 0 Å². The van der Waals surface area contributed by atoms with Gasteiger partial charge in [0.2, 0.25) is 0 Å². The number of ketones is 1. The second kappa shape index (κ2) is 4.00. The first kappa shape index (κ1) is 12.4. The summed E-state index contributed by atoms with van der Waals surface area (Å²) in [6.07, 6.45) is 3.12. The molecule has 1 aliphatic heterocycles. The molecule has 0 aromatic heterocycles. The summed E-state index contributed by atoms with van der Waals surface area (Å²) in [5.74, 6) is 0.337. The number of hydrogen-bond acceptors (Lipinski definition) is 3. The minimum absolute atomic E-state index is 0.239. The Kier molecular flexibility index (Phi) is 2.92. The van der Waals surface area contributed by atoms with Gasteiger partial charge in [-0.25, -0.2) is 4.79 Å². The van der Waals surface area contributed by atoms with Crippen molar-refractivity contribution in [2.75, 3.05) is 13.1 Å². The molecule has 1 amide bonds. The van der Waals surface area contributed by atoms with E-state index >= 15 is 0 Å². The maximum absolute atomic E-state index is 11.9. The standard InChI is InChI=1S/C13H21NO3/c1-12(2,3)17-11(16)14-8-7-13(9-14)6-4-5-10(13)15/h4-9H2,1-3H3. The van der Waals surface area contributed by atoms with Crippen LogP contribution in [0, 0.1) is 5.41 Å². The van der Waals surface area contributed by atoms with Crippen molar-refractivity contribution in [1.82, 2.24) is 4.90 Å². The van der Waals surface area contributed by atoms with Gasteiger partial charge in [-0.15, -0.1) is 0 Å². The lowest BCUT2D eigenvalue weighted by molar-refractivity contribution is -0.125. The van der Waals surface area contributed by atoms with Gasteiger partial charge in [-0.2, -0.15) is 0 Å². The Hall–Kier alpha value is -1.06. The third-order valence-electron chi connectivity index (χ3n) is 3.66. The van der Waals surface area contributed by atoms with Crippen molar-refractivity contribution in [3.8, 4) is 0 Å². The summed E-state index contributed by atoms with van der Waals surface area (Å²) in [7, 11) is 0. The van der Waals surface area contributed by atoms with Gasteiger partial charge in [0.15, 0.2) is 0 Å². The summed E-state index contributed by atoms with van der Waals surface area (Å²) in [6, 6.07) is 0. The lowest BCUT2D eigenvalue weighted by atomic mass is 9.85. The normalized spacial score (nSPS) is 29.1. The van der Waals surface area contributed by atoms with Gasteiger partial charge in [-0.1, -0.05) is 0 Å². The molecule has 0 aromatic carbocycles. The van der Waals surface area contributed by atoms with Gasteiger partial charge in [-0.05, 0) is 40.0 Å². The topological polar surface area (TPSA) is 46.6 Å². The third-order valence-corrected chi connectivity index (χ3v) is 3.66. The highest BCUT2D eigenvalue weighted by Crippen LogP contribution is 2.42. The number of ether oxygens (including phenoxy) is 1. The molecule has 2 fully saturated rings. The zero-order valence-electron chi connectivity index (χ0n) is 10.9. The van der Waals surface area contributed by atoms with Gasteiger partial charge < -0.3 is 9.64 Å². The zero-order valence-corrected chi connectivity index (χ0v) is 10.9. The summed E-state index contributed by atoms with van der Waals surface area (Å²) >= 11 is 0. The van der Waals surface area contributed by atoms with E-state index in [1.165, 1.54) is 0 Å². The van der Waals surface area contributed by atoms with Crippen LogP contribution < -0.4 is 0 Å². The van der Waals surface area contributed by atoms with Crippen LogP contribution in [0.25, 0.3) is 0 Å². The van der Waals surface area contributed by atoms with Crippen LogP contribution in [0.15, 0.2) is 0 Å². The molecule has 2 rings (SSSR count). The highest BCUT2D eigenvalue weighted by atomic mass is 16.6. The SMILES string of the molecule is CC(C)(C)OC(=O)N1CCC2(CCCC2=O)C1. The number of Topliss-reactive ketones (excluding diaryl/α,β-unsaturated/α-hetero) is 1. The molecule has 1 saturated carbocycles. The van der Waals surface area contributed by atoms with Crippen molar-refractivity contribution in [3.05, 3.63) is 0 Å². The van der Waals surface area contributed by atoms with Crippen LogP contribution in [0.3, 0.4) is 0 Å². The number of nitrogens with zero attached hydrogens (tertiary/aromatic N) is 1. The van der Waals surface area contributed by atoms with Gasteiger partial charge in [0.25, 0.3) is 0 Å². The molecule has 4 nitrogen and oxygen atoms in total. The largest absolute Gasteiger partial charge is 0.444 e. The highest BCUT2D eigenvalue weighted by molar-refractivity contribution is 5.88.